The fourth-order valence-electron chi connectivity index (χ4n) is 1.46. The highest BCUT2D eigenvalue weighted by Gasteiger charge is 2.15. The summed E-state index contributed by atoms with van der Waals surface area (Å²) in [5, 5.41) is 0. The van der Waals surface area contributed by atoms with Crippen molar-refractivity contribution in [2.24, 2.45) is 5.92 Å². The summed E-state index contributed by atoms with van der Waals surface area (Å²) in [7, 11) is 1.36. The molecule has 4 nitrogen and oxygen atoms in total. The van der Waals surface area contributed by atoms with Crippen LogP contribution in [0.15, 0.2) is 0 Å². The molecule has 0 unspecified atom stereocenters. The minimum atomic E-state index is -0.266. The zero-order valence-electron chi connectivity index (χ0n) is 10.8. The third kappa shape index (κ3) is 6.43. The van der Waals surface area contributed by atoms with Crippen molar-refractivity contribution in [2.75, 3.05) is 20.2 Å². The number of carbonyl (C=O) groups excluding carboxylic acids is 2. The van der Waals surface area contributed by atoms with Crippen LogP contribution in [0.1, 0.15) is 40.0 Å². The smallest absolute Gasteiger partial charge is 0.307 e. The van der Waals surface area contributed by atoms with E-state index in [9.17, 15) is 9.59 Å². The van der Waals surface area contributed by atoms with Gasteiger partial charge < -0.3 is 9.64 Å². The van der Waals surface area contributed by atoms with Crippen LogP contribution in [0.3, 0.4) is 0 Å². The molecule has 0 aliphatic rings. The van der Waals surface area contributed by atoms with E-state index >= 15 is 0 Å². The molecule has 0 heterocycles. The van der Waals surface area contributed by atoms with Gasteiger partial charge in [0, 0.05) is 19.5 Å². The van der Waals surface area contributed by atoms with E-state index in [1.807, 2.05) is 6.92 Å². The molecule has 4 heteroatoms. The first kappa shape index (κ1) is 14.9. The normalized spacial score (nSPS) is 10.3. The van der Waals surface area contributed by atoms with Crippen LogP contribution in [-0.4, -0.2) is 37.0 Å². The highest BCUT2D eigenvalue weighted by atomic mass is 16.5. The summed E-state index contributed by atoms with van der Waals surface area (Å²) in [5.74, 6) is 0.275. The minimum absolute atomic E-state index is 0.125. The van der Waals surface area contributed by atoms with E-state index in [4.69, 9.17) is 0 Å². The fourth-order valence-corrected chi connectivity index (χ4v) is 1.46. The number of esters is 1. The molecule has 16 heavy (non-hydrogen) atoms. The molecule has 0 aromatic carbocycles. The Labute approximate surface area is 98.0 Å². The second-order valence-corrected chi connectivity index (χ2v) is 4.31. The van der Waals surface area contributed by atoms with Crippen LogP contribution in [0.5, 0.6) is 0 Å². The first-order valence-corrected chi connectivity index (χ1v) is 5.85. The van der Waals surface area contributed by atoms with E-state index in [2.05, 4.69) is 18.6 Å². The molecular weight excluding hydrogens is 206 g/mol. The minimum Gasteiger partial charge on any atom is -0.469 e. The number of methoxy groups -OCH3 is 1. The molecule has 0 saturated heterocycles. The maximum Gasteiger partial charge on any atom is 0.307 e. The van der Waals surface area contributed by atoms with Crippen molar-refractivity contribution in [3.8, 4) is 0 Å². The quantitative estimate of drug-likeness (QED) is 0.626. The van der Waals surface area contributed by atoms with Crippen molar-refractivity contribution < 1.29 is 14.3 Å². The van der Waals surface area contributed by atoms with E-state index in [0.29, 0.717) is 25.4 Å². The summed E-state index contributed by atoms with van der Waals surface area (Å²) in [4.78, 5) is 24.5. The lowest BCUT2D eigenvalue weighted by atomic mass is 10.2. The lowest BCUT2D eigenvalue weighted by Gasteiger charge is -2.24. The maximum atomic E-state index is 11.8. The van der Waals surface area contributed by atoms with Crippen LogP contribution >= 0.6 is 0 Å². The Morgan fingerprint density at radius 1 is 1.25 bits per heavy atom. The average molecular weight is 229 g/mol. The van der Waals surface area contributed by atoms with E-state index in [0.717, 1.165) is 6.42 Å². The van der Waals surface area contributed by atoms with Gasteiger partial charge in [0.15, 0.2) is 0 Å². The van der Waals surface area contributed by atoms with Gasteiger partial charge in [0.1, 0.15) is 0 Å². The topological polar surface area (TPSA) is 46.6 Å². The van der Waals surface area contributed by atoms with E-state index in [1.165, 1.54) is 7.11 Å². The van der Waals surface area contributed by atoms with Gasteiger partial charge in [0.2, 0.25) is 5.91 Å². The molecule has 1 amide bonds. The van der Waals surface area contributed by atoms with Crippen molar-refractivity contribution in [3.63, 3.8) is 0 Å². The predicted octanol–water partition coefficient (Wildman–Crippen LogP) is 1.83. The van der Waals surface area contributed by atoms with Gasteiger partial charge >= 0.3 is 5.97 Å². The summed E-state index contributed by atoms with van der Waals surface area (Å²) in [6.07, 6.45) is 1.66. The SMILES string of the molecule is CCCC(=O)N(CCC(=O)OC)CC(C)C. The zero-order valence-corrected chi connectivity index (χ0v) is 10.8. The first-order chi connectivity index (χ1) is 7.51. The second kappa shape index (κ2) is 8.13. The van der Waals surface area contributed by atoms with Gasteiger partial charge in [-0.1, -0.05) is 20.8 Å². The molecule has 0 aliphatic heterocycles. The number of ether oxygens (including phenoxy) is 1. The summed E-state index contributed by atoms with van der Waals surface area (Å²) in [6.45, 7) is 7.26. The Balaban J connectivity index is 4.19. The fraction of sp³-hybridized carbons (Fsp3) is 0.833. The van der Waals surface area contributed by atoms with Crippen LogP contribution < -0.4 is 0 Å². The molecule has 0 radical (unpaired) electrons. The van der Waals surface area contributed by atoms with Crippen LogP contribution in [0.25, 0.3) is 0 Å². The molecule has 0 aromatic rings. The zero-order chi connectivity index (χ0) is 12.6. The molecule has 94 valence electrons. The monoisotopic (exact) mass is 229 g/mol. The number of carbonyl (C=O) groups is 2. The summed E-state index contributed by atoms with van der Waals surface area (Å²) >= 11 is 0. The van der Waals surface area contributed by atoms with Crippen molar-refractivity contribution in [3.05, 3.63) is 0 Å². The molecule has 0 aliphatic carbocycles. The van der Waals surface area contributed by atoms with Crippen LogP contribution in [-0.2, 0) is 14.3 Å². The van der Waals surface area contributed by atoms with E-state index in [1.54, 1.807) is 4.90 Å². The Morgan fingerprint density at radius 2 is 1.88 bits per heavy atom. The van der Waals surface area contributed by atoms with Crippen molar-refractivity contribution in [1.82, 2.24) is 4.90 Å². The van der Waals surface area contributed by atoms with Crippen LogP contribution in [0.4, 0.5) is 0 Å². The number of hydrogen-bond donors (Lipinski definition) is 0. The number of amides is 1. The van der Waals surface area contributed by atoms with Gasteiger partial charge in [-0.2, -0.15) is 0 Å². The Kier molecular flexibility index (Phi) is 7.60. The van der Waals surface area contributed by atoms with Gasteiger partial charge in [-0.15, -0.1) is 0 Å². The highest BCUT2D eigenvalue weighted by Crippen LogP contribution is 2.04. The molecule has 0 saturated carbocycles. The molecular formula is C12H23NO3. The standard InChI is InChI=1S/C12H23NO3/c1-5-6-11(14)13(9-10(2)3)8-7-12(15)16-4/h10H,5-9H2,1-4H3. The molecule has 0 rings (SSSR count). The van der Waals surface area contributed by atoms with Crippen molar-refractivity contribution in [1.29, 1.82) is 0 Å². The summed E-state index contributed by atoms with van der Waals surface area (Å²) in [6, 6.07) is 0. The summed E-state index contributed by atoms with van der Waals surface area (Å²) in [5.41, 5.74) is 0. The van der Waals surface area contributed by atoms with Gasteiger partial charge in [0.25, 0.3) is 0 Å². The Morgan fingerprint density at radius 3 is 2.31 bits per heavy atom. The average Bonchev–Trinajstić information content (AvgIpc) is 2.23. The van der Waals surface area contributed by atoms with Gasteiger partial charge in [-0.25, -0.2) is 0 Å². The lowest BCUT2D eigenvalue weighted by molar-refractivity contribution is -0.141. The first-order valence-electron chi connectivity index (χ1n) is 5.85. The van der Waals surface area contributed by atoms with Gasteiger partial charge in [-0.05, 0) is 12.3 Å². The molecule has 0 N–H and O–H groups in total. The Hall–Kier alpha value is -1.06. The van der Waals surface area contributed by atoms with Crippen molar-refractivity contribution >= 4 is 11.9 Å². The molecule has 0 fully saturated rings. The highest BCUT2D eigenvalue weighted by molar-refractivity contribution is 5.77. The van der Waals surface area contributed by atoms with E-state index in [-0.39, 0.29) is 18.3 Å². The lowest BCUT2D eigenvalue weighted by Crippen LogP contribution is -2.35. The van der Waals surface area contributed by atoms with Gasteiger partial charge in [0.05, 0.1) is 13.5 Å². The predicted molar refractivity (Wildman–Crippen MR) is 63.0 cm³/mol. The van der Waals surface area contributed by atoms with Crippen LogP contribution in [0, 0.1) is 5.92 Å². The Bertz CT molecular complexity index is 226. The third-order valence-corrected chi connectivity index (χ3v) is 2.22. The third-order valence-electron chi connectivity index (χ3n) is 2.22. The molecule has 0 aromatic heterocycles. The largest absolute Gasteiger partial charge is 0.469 e. The number of rotatable bonds is 7. The van der Waals surface area contributed by atoms with Gasteiger partial charge in [-0.3, -0.25) is 9.59 Å². The number of hydrogen-bond acceptors (Lipinski definition) is 3. The maximum absolute atomic E-state index is 11.8. The second-order valence-electron chi connectivity index (χ2n) is 4.31. The number of nitrogens with zero attached hydrogens (tertiary/aromatic N) is 1. The molecule has 0 bridgehead atoms. The van der Waals surface area contributed by atoms with Crippen molar-refractivity contribution in [2.45, 2.75) is 40.0 Å². The van der Waals surface area contributed by atoms with Crippen LogP contribution in [0.2, 0.25) is 0 Å². The molecule has 0 spiro atoms. The van der Waals surface area contributed by atoms with E-state index < -0.39 is 0 Å². The summed E-state index contributed by atoms with van der Waals surface area (Å²) < 4.78 is 4.57. The molecule has 0 atom stereocenters.